The van der Waals surface area contributed by atoms with E-state index >= 15 is 0 Å². The van der Waals surface area contributed by atoms with Gasteiger partial charge in [-0.25, -0.2) is 9.07 Å². The van der Waals surface area contributed by atoms with Gasteiger partial charge in [0, 0.05) is 30.4 Å². The van der Waals surface area contributed by atoms with E-state index in [1.165, 1.54) is 12.3 Å². The molecule has 0 bridgehead atoms. The van der Waals surface area contributed by atoms with Crippen molar-refractivity contribution >= 4 is 21.9 Å². The third-order valence-corrected chi connectivity index (χ3v) is 6.38. The zero-order valence-electron chi connectivity index (χ0n) is 20.5. The predicted molar refractivity (Wildman–Crippen MR) is 132 cm³/mol. The van der Waals surface area contributed by atoms with Crippen LogP contribution in [0.4, 0.5) is 4.39 Å². The van der Waals surface area contributed by atoms with Gasteiger partial charge in [0.15, 0.2) is 0 Å². The van der Waals surface area contributed by atoms with Gasteiger partial charge in [-0.05, 0) is 51.5 Å². The van der Waals surface area contributed by atoms with Crippen molar-refractivity contribution in [1.29, 1.82) is 0 Å². The summed E-state index contributed by atoms with van der Waals surface area (Å²) in [6.45, 7) is 7.47. The Morgan fingerprint density at radius 2 is 1.86 bits per heavy atom. The molecule has 35 heavy (non-hydrogen) atoms. The molecule has 0 fully saturated rings. The van der Waals surface area contributed by atoms with Crippen molar-refractivity contribution in [2.45, 2.75) is 52.2 Å². The minimum atomic E-state index is -1.11. The van der Waals surface area contributed by atoms with Crippen molar-refractivity contribution < 1.29 is 9.50 Å². The van der Waals surface area contributed by atoms with Crippen LogP contribution in [0.2, 0.25) is 0 Å². The Kier molecular flexibility index (Phi) is 5.59. The Morgan fingerprint density at radius 1 is 1.06 bits per heavy atom. The molecule has 1 unspecified atom stereocenters. The minimum Gasteiger partial charge on any atom is -0.384 e. The molecule has 5 rings (SSSR count). The highest BCUT2D eigenvalue weighted by Gasteiger charge is 2.25. The number of rotatable bonds is 6. The molecule has 0 aliphatic carbocycles. The number of halogens is 1. The van der Waals surface area contributed by atoms with Gasteiger partial charge in [0.25, 0.3) is 0 Å². The van der Waals surface area contributed by atoms with Gasteiger partial charge >= 0.3 is 0 Å². The summed E-state index contributed by atoms with van der Waals surface area (Å²) in [6, 6.07) is 7.01. The molecular formula is C26H28FN7O. The summed E-state index contributed by atoms with van der Waals surface area (Å²) in [6.07, 6.45) is 6.53. The summed E-state index contributed by atoms with van der Waals surface area (Å²) in [7, 11) is 1.86. The van der Waals surface area contributed by atoms with E-state index in [4.69, 9.17) is 4.98 Å². The fourth-order valence-corrected chi connectivity index (χ4v) is 4.72. The van der Waals surface area contributed by atoms with Crippen LogP contribution in [0.25, 0.3) is 33.2 Å². The Morgan fingerprint density at radius 3 is 2.49 bits per heavy atom. The Hall–Kier alpha value is -3.72. The summed E-state index contributed by atoms with van der Waals surface area (Å²) in [5, 5.41) is 19.9. The summed E-state index contributed by atoms with van der Waals surface area (Å²) < 4.78 is 17.7. The SMILES string of the molecule is CCCC(c1ccc(F)cn1)n1c2cc(C(C)(C)O)ncc2c2ncc(-c3c(C)nnn3C)cc21. The van der Waals surface area contributed by atoms with Crippen LogP contribution in [0.5, 0.6) is 0 Å². The van der Waals surface area contributed by atoms with E-state index in [0.717, 1.165) is 57.4 Å². The van der Waals surface area contributed by atoms with E-state index in [0.29, 0.717) is 5.69 Å². The number of aliphatic hydroxyl groups is 1. The Balaban J connectivity index is 1.86. The van der Waals surface area contributed by atoms with Crippen LogP contribution >= 0.6 is 0 Å². The van der Waals surface area contributed by atoms with Crippen molar-refractivity contribution in [3.8, 4) is 11.3 Å². The summed E-state index contributed by atoms with van der Waals surface area (Å²) in [4.78, 5) is 13.8. The van der Waals surface area contributed by atoms with Gasteiger partial charge in [-0.3, -0.25) is 15.0 Å². The van der Waals surface area contributed by atoms with Crippen LogP contribution in [0.1, 0.15) is 56.7 Å². The normalized spacial score (nSPS) is 13.1. The summed E-state index contributed by atoms with van der Waals surface area (Å²) in [5.74, 6) is -0.372. The molecule has 9 heteroatoms. The lowest BCUT2D eigenvalue weighted by molar-refractivity contribution is 0.0740. The first-order valence-corrected chi connectivity index (χ1v) is 11.7. The molecule has 0 saturated heterocycles. The third-order valence-electron chi connectivity index (χ3n) is 6.38. The Labute approximate surface area is 202 Å². The highest BCUT2D eigenvalue weighted by molar-refractivity contribution is 6.06. The second kappa shape index (κ2) is 8.49. The van der Waals surface area contributed by atoms with Crippen LogP contribution in [-0.2, 0) is 12.6 Å². The lowest BCUT2D eigenvalue weighted by Crippen LogP contribution is -2.18. The first kappa shape index (κ1) is 23.0. The third kappa shape index (κ3) is 3.95. The second-order valence-corrected chi connectivity index (χ2v) is 9.46. The summed E-state index contributed by atoms with van der Waals surface area (Å²) in [5.41, 5.74) is 5.39. The number of nitrogens with zero attached hydrogens (tertiary/aromatic N) is 7. The monoisotopic (exact) mass is 473 g/mol. The maximum absolute atomic E-state index is 13.7. The molecule has 0 radical (unpaired) electrons. The topological polar surface area (TPSA) is 94.5 Å². The lowest BCUT2D eigenvalue weighted by atomic mass is 10.0. The number of fused-ring (bicyclic) bond motifs is 3. The molecular weight excluding hydrogens is 445 g/mol. The smallest absolute Gasteiger partial charge is 0.141 e. The van der Waals surface area contributed by atoms with Crippen LogP contribution in [-0.4, -0.2) is 39.6 Å². The van der Waals surface area contributed by atoms with Crippen LogP contribution in [0.3, 0.4) is 0 Å². The molecule has 0 aliphatic rings. The van der Waals surface area contributed by atoms with Gasteiger partial charge in [-0.1, -0.05) is 18.6 Å². The first-order valence-electron chi connectivity index (χ1n) is 11.7. The molecule has 5 heterocycles. The van der Waals surface area contributed by atoms with Gasteiger partial charge in [-0.2, -0.15) is 0 Å². The largest absolute Gasteiger partial charge is 0.384 e. The van der Waals surface area contributed by atoms with Crippen LogP contribution in [0, 0.1) is 12.7 Å². The predicted octanol–water partition coefficient (Wildman–Crippen LogP) is 4.84. The van der Waals surface area contributed by atoms with E-state index in [1.54, 1.807) is 30.8 Å². The van der Waals surface area contributed by atoms with Gasteiger partial charge in [0.05, 0.1) is 51.6 Å². The molecule has 5 aromatic rings. The zero-order valence-corrected chi connectivity index (χ0v) is 20.5. The van der Waals surface area contributed by atoms with Gasteiger partial charge in [0.1, 0.15) is 11.4 Å². The van der Waals surface area contributed by atoms with Gasteiger partial charge in [-0.15, -0.1) is 5.10 Å². The Bertz CT molecular complexity index is 1510. The van der Waals surface area contributed by atoms with Crippen LogP contribution < -0.4 is 0 Å². The molecule has 180 valence electrons. The number of hydrogen-bond acceptors (Lipinski definition) is 6. The van der Waals surface area contributed by atoms with Crippen molar-refractivity contribution in [2.75, 3.05) is 0 Å². The fourth-order valence-electron chi connectivity index (χ4n) is 4.72. The average molecular weight is 474 g/mol. The zero-order chi connectivity index (χ0) is 24.9. The molecule has 0 saturated carbocycles. The summed E-state index contributed by atoms with van der Waals surface area (Å²) >= 11 is 0. The molecule has 1 atom stereocenters. The molecule has 0 amide bonds. The quantitative estimate of drug-likeness (QED) is 0.379. The van der Waals surface area contributed by atoms with Crippen molar-refractivity contribution in [3.63, 3.8) is 0 Å². The molecule has 0 aromatic carbocycles. The van der Waals surface area contributed by atoms with Crippen molar-refractivity contribution in [1.82, 2.24) is 34.5 Å². The molecule has 1 N–H and O–H groups in total. The molecule has 0 aliphatic heterocycles. The number of aryl methyl sites for hydroxylation is 2. The fraction of sp³-hybridized carbons (Fsp3) is 0.346. The van der Waals surface area contributed by atoms with Gasteiger partial charge in [0.2, 0.25) is 0 Å². The second-order valence-electron chi connectivity index (χ2n) is 9.46. The number of aromatic nitrogens is 7. The lowest BCUT2D eigenvalue weighted by Gasteiger charge is -2.22. The maximum atomic E-state index is 13.7. The van der Waals surface area contributed by atoms with E-state index in [9.17, 15) is 9.50 Å². The van der Waals surface area contributed by atoms with Crippen LogP contribution in [0.15, 0.2) is 42.9 Å². The maximum Gasteiger partial charge on any atom is 0.141 e. The van der Waals surface area contributed by atoms with E-state index in [2.05, 4.69) is 37.8 Å². The average Bonchev–Trinajstić information content (AvgIpc) is 3.33. The first-order chi connectivity index (χ1) is 16.7. The molecule has 8 nitrogen and oxygen atoms in total. The highest BCUT2D eigenvalue weighted by atomic mass is 19.1. The number of hydrogen-bond donors (Lipinski definition) is 1. The van der Waals surface area contributed by atoms with E-state index < -0.39 is 5.60 Å². The van der Waals surface area contributed by atoms with Crippen molar-refractivity contribution in [2.24, 2.45) is 7.05 Å². The standard InChI is InChI=1S/C26H28FN7O/c1-6-7-20(19-9-8-17(27)13-28-19)34-21-11-23(26(3,4)35)29-14-18(21)24-22(34)10-16(12-30-24)25-15(2)31-32-33(25)5/h8-14,20,35H,6-7H2,1-5H3. The highest BCUT2D eigenvalue weighted by Crippen LogP contribution is 2.37. The number of pyridine rings is 3. The molecule has 5 aromatic heterocycles. The molecule has 0 spiro atoms. The van der Waals surface area contributed by atoms with E-state index in [-0.39, 0.29) is 11.9 Å². The minimum absolute atomic E-state index is 0.166. The van der Waals surface area contributed by atoms with E-state index in [1.807, 2.05) is 26.2 Å². The van der Waals surface area contributed by atoms with Gasteiger partial charge < -0.3 is 9.67 Å². The van der Waals surface area contributed by atoms with Crippen molar-refractivity contribution in [3.05, 3.63) is 65.8 Å².